The van der Waals surface area contributed by atoms with Crippen LogP contribution < -0.4 is 5.32 Å². The molecule has 108 valence electrons. The lowest BCUT2D eigenvalue weighted by Crippen LogP contribution is -2.25. The first-order valence-corrected chi connectivity index (χ1v) is 7.09. The molecule has 0 radical (unpaired) electrons. The highest BCUT2D eigenvalue weighted by Crippen LogP contribution is 2.18. The number of nitrogens with zero attached hydrogens (tertiary/aromatic N) is 3. The molecule has 0 bridgehead atoms. The third-order valence-electron chi connectivity index (χ3n) is 3.24. The lowest BCUT2D eigenvalue weighted by atomic mass is 10.1. The van der Waals surface area contributed by atoms with Gasteiger partial charge in [-0.15, -0.1) is 0 Å². The van der Waals surface area contributed by atoms with Crippen LogP contribution in [-0.2, 0) is 6.42 Å². The minimum Gasteiger partial charge on any atom is -0.339 e. The predicted molar refractivity (Wildman–Crippen MR) is 78.5 cm³/mol. The minimum atomic E-state index is 0.453. The molecule has 0 aliphatic heterocycles. The summed E-state index contributed by atoms with van der Waals surface area (Å²) in [6, 6.07) is 2.53. The van der Waals surface area contributed by atoms with E-state index in [1.165, 1.54) is 0 Å². The molecule has 1 atom stereocenters. The van der Waals surface area contributed by atoms with Crippen LogP contribution in [0.5, 0.6) is 0 Å². The van der Waals surface area contributed by atoms with Gasteiger partial charge < -0.3 is 9.84 Å². The van der Waals surface area contributed by atoms with Crippen LogP contribution in [0.2, 0.25) is 0 Å². The topological polar surface area (TPSA) is 63.8 Å². The number of aryl methyl sites for hydroxylation is 3. The Kier molecular flexibility index (Phi) is 4.84. The standard InChI is InChI=1S/C15H22N4O/c1-5-16-12(4)6-7-13-18-15(19-20-13)14-11(3)8-10(2)9-17-14/h8-9,12,16H,5-7H2,1-4H3. The van der Waals surface area contributed by atoms with E-state index in [2.05, 4.69) is 40.4 Å². The Morgan fingerprint density at radius 2 is 2.15 bits per heavy atom. The third kappa shape index (κ3) is 3.63. The van der Waals surface area contributed by atoms with Crippen LogP contribution in [0.3, 0.4) is 0 Å². The molecular weight excluding hydrogens is 252 g/mol. The molecule has 2 aromatic heterocycles. The molecule has 0 fully saturated rings. The summed E-state index contributed by atoms with van der Waals surface area (Å²) >= 11 is 0. The third-order valence-corrected chi connectivity index (χ3v) is 3.24. The fourth-order valence-electron chi connectivity index (χ4n) is 2.19. The summed E-state index contributed by atoms with van der Waals surface area (Å²) in [6.45, 7) is 9.27. The van der Waals surface area contributed by atoms with Gasteiger partial charge in [0.05, 0.1) is 0 Å². The Labute approximate surface area is 119 Å². The molecule has 2 heterocycles. The second kappa shape index (κ2) is 6.61. The maximum atomic E-state index is 5.30. The second-order valence-electron chi connectivity index (χ2n) is 5.19. The summed E-state index contributed by atoms with van der Waals surface area (Å²) in [6.07, 6.45) is 3.59. The number of aromatic nitrogens is 3. The summed E-state index contributed by atoms with van der Waals surface area (Å²) in [7, 11) is 0. The van der Waals surface area contributed by atoms with Crippen molar-refractivity contribution in [2.75, 3.05) is 6.54 Å². The highest BCUT2D eigenvalue weighted by molar-refractivity contribution is 5.53. The van der Waals surface area contributed by atoms with Crippen molar-refractivity contribution in [1.82, 2.24) is 20.4 Å². The van der Waals surface area contributed by atoms with Crippen LogP contribution in [0.1, 0.15) is 37.3 Å². The highest BCUT2D eigenvalue weighted by atomic mass is 16.5. The van der Waals surface area contributed by atoms with E-state index in [-0.39, 0.29) is 0 Å². The highest BCUT2D eigenvalue weighted by Gasteiger charge is 2.13. The molecule has 2 aromatic rings. The quantitative estimate of drug-likeness (QED) is 0.877. The second-order valence-corrected chi connectivity index (χ2v) is 5.19. The van der Waals surface area contributed by atoms with E-state index in [0.717, 1.165) is 36.2 Å². The van der Waals surface area contributed by atoms with E-state index in [1.807, 2.05) is 20.0 Å². The van der Waals surface area contributed by atoms with Gasteiger partial charge in [-0.05, 0) is 44.9 Å². The fraction of sp³-hybridized carbons (Fsp3) is 0.533. The first kappa shape index (κ1) is 14.7. The Morgan fingerprint density at radius 3 is 2.85 bits per heavy atom. The Hall–Kier alpha value is -1.75. The monoisotopic (exact) mass is 274 g/mol. The van der Waals surface area contributed by atoms with Crippen molar-refractivity contribution in [3.05, 3.63) is 29.3 Å². The molecule has 0 aromatic carbocycles. The summed E-state index contributed by atoms with van der Waals surface area (Å²) in [4.78, 5) is 8.82. The van der Waals surface area contributed by atoms with Gasteiger partial charge in [0.1, 0.15) is 5.69 Å². The summed E-state index contributed by atoms with van der Waals surface area (Å²) in [5.41, 5.74) is 3.00. The summed E-state index contributed by atoms with van der Waals surface area (Å²) < 4.78 is 5.30. The maximum Gasteiger partial charge on any atom is 0.227 e. The molecule has 0 saturated carbocycles. The largest absolute Gasteiger partial charge is 0.339 e. The molecule has 0 spiro atoms. The zero-order chi connectivity index (χ0) is 14.5. The van der Waals surface area contributed by atoms with Crippen LogP contribution in [0.4, 0.5) is 0 Å². The van der Waals surface area contributed by atoms with Crippen molar-refractivity contribution >= 4 is 0 Å². The number of pyridine rings is 1. The number of hydrogen-bond acceptors (Lipinski definition) is 5. The molecule has 1 unspecified atom stereocenters. The molecule has 5 nitrogen and oxygen atoms in total. The van der Waals surface area contributed by atoms with Crippen LogP contribution in [-0.4, -0.2) is 27.7 Å². The average Bonchev–Trinajstić information content (AvgIpc) is 2.85. The van der Waals surface area contributed by atoms with Crippen LogP contribution >= 0.6 is 0 Å². The summed E-state index contributed by atoms with van der Waals surface area (Å²) in [5.74, 6) is 1.25. The maximum absolute atomic E-state index is 5.30. The molecule has 5 heteroatoms. The van der Waals surface area contributed by atoms with Crippen molar-refractivity contribution in [3.63, 3.8) is 0 Å². The Bertz CT molecular complexity index is 565. The Morgan fingerprint density at radius 1 is 1.35 bits per heavy atom. The molecule has 2 rings (SSSR count). The number of rotatable bonds is 6. The number of hydrogen-bond donors (Lipinski definition) is 1. The number of nitrogens with one attached hydrogen (secondary N) is 1. The molecule has 0 amide bonds. The van der Waals surface area contributed by atoms with Gasteiger partial charge in [-0.1, -0.05) is 18.1 Å². The smallest absolute Gasteiger partial charge is 0.227 e. The van der Waals surface area contributed by atoms with Gasteiger partial charge in [-0.2, -0.15) is 4.98 Å². The molecule has 0 aliphatic rings. The zero-order valence-corrected chi connectivity index (χ0v) is 12.6. The molecule has 0 saturated heterocycles. The van der Waals surface area contributed by atoms with Gasteiger partial charge >= 0.3 is 0 Å². The van der Waals surface area contributed by atoms with Crippen molar-refractivity contribution in [3.8, 4) is 11.5 Å². The lowest BCUT2D eigenvalue weighted by Gasteiger charge is -2.09. The van der Waals surface area contributed by atoms with Crippen molar-refractivity contribution in [2.24, 2.45) is 0 Å². The lowest BCUT2D eigenvalue weighted by molar-refractivity contribution is 0.368. The Balaban J connectivity index is 2.05. The van der Waals surface area contributed by atoms with E-state index < -0.39 is 0 Å². The van der Waals surface area contributed by atoms with E-state index >= 15 is 0 Å². The average molecular weight is 274 g/mol. The van der Waals surface area contributed by atoms with E-state index in [9.17, 15) is 0 Å². The van der Waals surface area contributed by atoms with Gasteiger partial charge in [0.25, 0.3) is 0 Å². The van der Waals surface area contributed by atoms with Gasteiger partial charge in [-0.25, -0.2) is 0 Å². The van der Waals surface area contributed by atoms with Crippen molar-refractivity contribution in [2.45, 2.75) is 46.6 Å². The van der Waals surface area contributed by atoms with E-state index in [4.69, 9.17) is 4.52 Å². The van der Waals surface area contributed by atoms with Gasteiger partial charge in [0.15, 0.2) is 0 Å². The summed E-state index contributed by atoms with van der Waals surface area (Å²) in [5, 5.41) is 7.40. The van der Waals surface area contributed by atoms with Crippen LogP contribution in [0.15, 0.2) is 16.8 Å². The van der Waals surface area contributed by atoms with E-state index in [0.29, 0.717) is 17.8 Å². The van der Waals surface area contributed by atoms with Gasteiger partial charge in [0.2, 0.25) is 11.7 Å². The normalized spacial score (nSPS) is 12.6. The SMILES string of the molecule is CCNC(C)CCc1nc(-c2ncc(C)cc2C)no1. The molecular formula is C15H22N4O. The first-order chi connectivity index (χ1) is 9.60. The van der Waals surface area contributed by atoms with Crippen LogP contribution in [0, 0.1) is 13.8 Å². The van der Waals surface area contributed by atoms with E-state index in [1.54, 1.807) is 0 Å². The van der Waals surface area contributed by atoms with Gasteiger partial charge in [0, 0.05) is 18.7 Å². The zero-order valence-electron chi connectivity index (χ0n) is 12.6. The fourth-order valence-corrected chi connectivity index (χ4v) is 2.19. The molecule has 20 heavy (non-hydrogen) atoms. The minimum absolute atomic E-state index is 0.453. The molecule has 1 N–H and O–H groups in total. The molecule has 0 aliphatic carbocycles. The van der Waals surface area contributed by atoms with Gasteiger partial charge in [-0.3, -0.25) is 4.98 Å². The van der Waals surface area contributed by atoms with Crippen molar-refractivity contribution < 1.29 is 4.52 Å². The van der Waals surface area contributed by atoms with Crippen LogP contribution in [0.25, 0.3) is 11.5 Å². The predicted octanol–water partition coefficient (Wildman–Crippen LogP) is 2.68. The first-order valence-electron chi connectivity index (χ1n) is 7.09. The van der Waals surface area contributed by atoms with Crippen molar-refractivity contribution in [1.29, 1.82) is 0 Å².